The number of hydrogen-bond donors (Lipinski definition) is 2. The van der Waals surface area contributed by atoms with Crippen molar-refractivity contribution in [3.8, 4) is 0 Å². The van der Waals surface area contributed by atoms with Crippen LogP contribution in [0.2, 0.25) is 0 Å². The molecule has 4 nitrogen and oxygen atoms in total. The van der Waals surface area contributed by atoms with Crippen LogP contribution >= 0.6 is 15.9 Å². The van der Waals surface area contributed by atoms with Crippen molar-refractivity contribution in [2.24, 2.45) is 5.92 Å². The van der Waals surface area contributed by atoms with Crippen molar-refractivity contribution in [3.05, 3.63) is 28.7 Å². The maximum absolute atomic E-state index is 11.8. The molecule has 1 saturated heterocycles. The Kier molecular flexibility index (Phi) is 5.59. The first kappa shape index (κ1) is 15.0. The van der Waals surface area contributed by atoms with Gasteiger partial charge in [-0.25, -0.2) is 0 Å². The van der Waals surface area contributed by atoms with Crippen molar-refractivity contribution in [3.63, 3.8) is 0 Å². The van der Waals surface area contributed by atoms with Crippen molar-refractivity contribution < 1.29 is 9.59 Å². The fraction of sp³-hybridized carbons (Fsp3) is 0.467. The fourth-order valence-electron chi connectivity index (χ4n) is 2.37. The molecule has 0 bridgehead atoms. The molecule has 1 aliphatic heterocycles. The normalized spacial score (nSPS) is 19.4. The lowest BCUT2D eigenvalue weighted by Gasteiger charge is -2.13. The lowest BCUT2D eigenvalue weighted by atomic mass is 9.97. The quantitative estimate of drug-likeness (QED) is 0.640. The number of hydrogen-bond acceptors (Lipinski definition) is 3. The molecule has 5 heteroatoms. The van der Waals surface area contributed by atoms with E-state index in [4.69, 9.17) is 0 Å². The molecule has 0 radical (unpaired) electrons. The Morgan fingerprint density at radius 3 is 2.75 bits per heavy atom. The lowest BCUT2D eigenvalue weighted by Crippen LogP contribution is -2.33. The molecule has 20 heavy (non-hydrogen) atoms. The summed E-state index contributed by atoms with van der Waals surface area (Å²) in [5.41, 5.74) is 1.08. The molecule has 2 amide bonds. The molecular weight excluding hydrogens is 320 g/mol. The van der Waals surface area contributed by atoms with E-state index in [-0.39, 0.29) is 17.7 Å². The molecular formula is C15H19BrN2O2. The zero-order chi connectivity index (χ0) is 14.4. The number of anilines is 1. The van der Waals surface area contributed by atoms with Crippen LogP contribution in [-0.4, -0.2) is 18.4 Å². The van der Waals surface area contributed by atoms with Gasteiger partial charge in [0.05, 0.1) is 0 Å². The first-order valence-electron chi connectivity index (χ1n) is 6.98. The second-order valence-corrected chi connectivity index (χ2v) is 5.99. The van der Waals surface area contributed by atoms with Gasteiger partial charge in [-0.1, -0.05) is 15.9 Å². The van der Waals surface area contributed by atoms with Gasteiger partial charge in [-0.2, -0.15) is 0 Å². The highest BCUT2D eigenvalue weighted by Gasteiger charge is 2.23. The molecule has 0 aliphatic carbocycles. The molecule has 0 saturated carbocycles. The summed E-state index contributed by atoms with van der Waals surface area (Å²) in [5, 5.41) is 5.78. The molecule has 0 aromatic heterocycles. The van der Waals surface area contributed by atoms with Gasteiger partial charge in [0.25, 0.3) is 0 Å². The van der Waals surface area contributed by atoms with Gasteiger partial charge in [-0.05, 0) is 49.9 Å². The van der Waals surface area contributed by atoms with E-state index < -0.39 is 0 Å². The summed E-state index contributed by atoms with van der Waals surface area (Å²) < 4.78 is 1.06. The number of amides is 2. The first-order valence-corrected chi connectivity index (χ1v) is 7.77. The summed E-state index contributed by atoms with van der Waals surface area (Å²) in [5.74, 6) is -0.255. The third-order valence-corrected chi connectivity index (χ3v) is 4.02. The first-order chi connectivity index (χ1) is 9.65. The van der Waals surface area contributed by atoms with Gasteiger partial charge in [0.2, 0.25) is 11.8 Å². The smallest absolute Gasteiger partial charge is 0.229 e. The Labute approximate surface area is 127 Å². The van der Waals surface area contributed by atoms with Crippen LogP contribution < -0.4 is 10.6 Å². The average Bonchev–Trinajstić information content (AvgIpc) is 2.58. The molecule has 1 unspecified atom stereocenters. The van der Waals surface area contributed by atoms with Gasteiger partial charge in [-0.15, -0.1) is 0 Å². The Hall–Kier alpha value is -1.36. The van der Waals surface area contributed by atoms with Gasteiger partial charge < -0.3 is 5.32 Å². The summed E-state index contributed by atoms with van der Waals surface area (Å²) >= 11 is 3.40. The molecule has 2 N–H and O–H groups in total. The molecule has 2 rings (SSSR count). The highest BCUT2D eigenvalue weighted by molar-refractivity contribution is 9.10. The minimum atomic E-state index is -0.134. The second-order valence-electron chi connectivity index (χ2n) is 5.08. The zero-order valence-electron chi connectivity index (χ0n) is 11.3. The van der Waals surface area contributed by atoms with Crippen LogP contribution in [0, 0.1) is 5.92 Å². The Balaban J connectivity index is 1.71. The maximum Gasteiger partial charge on any atom is 0.229 e. The van der Waals surface area contributed by atoms with E-state index in [1.54, 1.807) is 0 Å². The third-order valence-electron chi connectivity index (χ3n) is 3.49. The number of carbonyl (C=O) groups is 2. The van der Waals surface area contributed by atoms with E-state index in [1.807, 2.05) is 24.3 Å². The minimum absolute atomic E-state index is 0.0202. The molecule has 0 spiro atoms. The number of imide groups is 1. The van der Waals surface area contributed by atoms with Crippen molar-refractivity contribution in [1.29, 1.82) is 0 Å². The van der Waals surface area contributed by atoms with Gasteiger partial charge in [-0.3, -0.25) is 14.9 Å². The molecule has 1 aliphatic rings. The SMILES string of the molecule is O=C1CCCC(CCCNc2ccc(Br)cc2)C(=O)N1. The Bertz CT molecular complexity index is 473. The summed E-state index contributed by atoms with van der Waals surface area (Å²) in [6.45, 7) is 0.833. The van der Waals surface area contributed by atoms with Crippen LogP contribution in [-0.2, 0) is 9.59 Å². The van der Waals surface area contributed by atoms with Gasteiger partial charge in [0.1, 0.15) is 0 Å². The summed E-state index contributed by atoms with van der Waals surface area (Å²) in [7, 11) is 0. The van der Waals surface area contributed by atoms with Crippen molar-refractivity contribution in [1.82, 2.24) is 5.32 Å². The summed E-state index contributed by atoms with van der Waals surface area (Å²) in [4.78, 5) is 23.0. The van der Waals surface area contributed by atoms with Crippen LogP contribution in [0.25, 0.3) is 0 Å². The van der Waals surface area contributed by atoms with Gasteiger partial charge >= 0.3 is 0 Å². The number of halogens is 1. The van der Waals surface area contributed by atoms with E-state index in [9.17, 15) is 9.59 Å². The van der Waals surface area contributed by atoms with Gasteiger partial charge in [0.15, 0.2) is 0 Å². The predicted octanol–water partition coefficient (Wildman–Crippen LogP) is 3.08. The highest BCUT2D eigenvalue weighted by atomic mass is 79.9. The van der Waals surface area contributed by atoms with Crippen LogP contribution in [0.1, 0.15) is 32.1 Å². The fourth-order valence-corrected chi connectivity index (χ4v) is 2.63. The maximum atomic E-state index is 11.8. The minimum Gasteiger partial charge on any atom is -0.385 e. The molecule has 1 atom stereocenters. The van der Waals surface area contributed by atoms with E-state index in [2.05, 4.69) is 26.6 Å². The lowest BCUT2D eigenvalue weighted by molar-refractivity contribution is -0.131. The number of benzene rings is 1. The van der Waals surface area contributed by atoms with Crippen molar-refractivity contribution in [2.75, 3.05) is 11.9 Å². The van der Waals surface area contributed by atoms with Crippen LogP contribution in [0.5, 0.6) is 0 Å². The molecule has 1 fully saturated rings. The van der Waals surface area contributed by atoms with E-state index >= 15 is 0 Å². The summed E-state index contributed by atoms with van der Waals surface area (Å²) in [6.07, 6.45) is 3.84. The van der Waals surface area contributed by atoms with Crippen LogP contribution in [0.4, 0.5) is 5.69 Å². The third kappa shape index (κ3) is 4.63. The number of nitrogens with one attached hydrogen (secondary N) is 2. The van der Waals surface area contributed by atoms with E-state index in [1.165, 1.54) is 0 Å². The topological polar surface area (TPSA) is 58.2 Å². The number of carbonyl (C=O) groups excluding carboxylic acids is 2. The monoisotopic (exact) mass is 338 g/mol. The zero-order valence-corrected chi connectivity index (χ0v) is 12.9. The van der Waals surface area contributed by atoms with Crippen LogP contribution in [0.3, 0.4) is 0 Å². The Morgan fingerprint density at radius 2 is 2.00 bits per heavy atom. The standard InChI is InChI=1S/C15H19BrN2O2/c16-12-6-8-13(9-7-12)17-10-2-4-11-3-1-5-14(19)18-15(11)20/h6-9,11,17H,1-5,10H2,(H,18,19,20). The summed E-state index contributed by atoms with van der Waals surface area (Å²) in [6, 6.07) is 8.02. The van der Waals surface area contributed by atoms with E-state index in [0.29, 0.717) is 6.42 Å². The largest absolute Gasteiger partial charge is 0.385 e. The van der Waals surface area contributed by atoms with E-state index in [0.717, 1.165) is 42.4 Å². The second kappa shape index (κ2) is 7.43. The molecule has 1 aromatic rings. The number of rotatable bonds is 5. The highest BCUT2D eigenvalue weighted by Crippen LogP contribution is 2.19. The average molecular weight is 339 g/mol. The molecule has 108 valence electrons. The molecule has 1 heterocycles. The van der Waals surface area contributed by atoms with Crippen molar-refractivity contribution >= 4 is 33.4 Å². The van der Waals surface area contributed by atoms with Gasteiger partial charge in [0, 0.05) is 29.0 Å². The predicted molar refractivity (Wildman–Crippen MR) is 82.4 cm³/mol. The Morgan fingerprint density at radius 1 is 1.25 bits per heavy atom. The molecule has 1 aromatic carbocycles. The van der Waals surface area contributed by atoms with Crippen LogP contribution in [0.15, 0.2) is 28.7 Å². The van der Waals surface area contributed by atoms with Crippen molar-refractivity contribution in [2.45, 2.75) is 32.1 Å².